The second-order valence-electron chi connectivity index (χ2n) is 11.8. The molecule has 8 heteroatoms. The monoisotopic (exact) mass is 484 g/mol. The predicted octanol–water partition coefficient (Wildman–Crippen LogP) is 3.05. The Hall–Kier alpha value is -2.45. The molecule has 2 heterocycles. The third kappa shape index (κ3) is 6.04. The number of amides is 4. The highest BCUT2D eigenvalue weighted by Crippen LogP contribution is 2.46. The summed E-state index contributed by atoms with van der Waals surface area (Å²) in [6.45, 7) is 13.4. The molecule has 0 bridgehead atoms. The van der Waals surface area contributed by atoms with E-state index in [1.165, 1.54) is 5.56 Å². The van der Waals surface area contributed by atoms with Crippen molar-refractivity contribution in [3.05, 3.63) is 35.4 Å². The van der Waals surface area contributed by atoms with Crippen molar-refractivity contribution in [2.45, 2.75) is 84.7 Å². The highest BCUT2D eigenvalue weighted by molar-refractivity contribution is 6.09. The number of rotatable bonds is 6. The Kier molecular flexibility index (Phi) is 7.25. The molecule has 1 saturated carbocycles. The van der Waals surface area contributed by atoms with Crippen LogP contribution >= 0.6 is 0 Å². The Bertz CT molecular complexity index is 952. The van der Waals surface area contributed by atoms with Crippen LogP contribution in [-0.4, -0.2) is 65.0 Å². The number of imide groups is 1. The average Bonchev–Trinajstić information content (AvgIpc) is 2.94. The van der Waals surface area contributed by atoms with Crippen molar-refractivity contribution in [3.63, 3.8) is 0 Å². The van der Waals surface area contributed by atoms with E-state index in [0.717, 1.165) is 36.5 Å². The first-order chi connectivity index (χ1) is 16.4. The van der Waals surface area contributed by atoms with Crippen molar-refractivity contribution >= 4 is 17.8 Å². The van der Waals surface area contributed by atoms with E-state index >= 15 is 0 Å². The molecule has 2 aliphatic heterocycles. The molecule has 3 aliphatic rings. The number of benzene rings is 1. The van der Waals surface area contributed by atoms with E-state index in [1.54, 1.807) is 0 Å². The molecular formula is C27H40N4O4. The van der Waals surface area contributed by atoms with Crippen LogP contribution in [-0.2, 0) is 27.4 Å². The Morgan fingerprint density at radius 1 is 1.06 bits per heavy atom. The van der Waals surface area contributed by atoms with E-state index < -0.39 is 11.6 Å². The van der Waals surface area contributed by atoms with E-state index in [0.29, 0.717) is 25.3 Å². The van der Waals surface area contributed by atoms with Crippen LogP contribution in [0.25, 0.3) is 0 Å². The van der Waals surface area contributed by atoms with Gasteiger partial charge in [0.1, 0.15) is 12.1 Å². The number of nitrogens with zero attached hydrogens (tertiary/aromatic N) is 2. The molecule has 1 aliphatic carbocycles. The van der Waals surface area contributed by atoms with E-state index in [1.807, 2.05) is 12.1 Å². The molecule has 8 nitrogen and oxygen atoms in total. The van der Waals surface area contributed by atoms with Crippen LogP contribution in [0.3, 0.4) is 0 Å². The molecule has 4 atom stereocenters. The summed E-state index contributed by atoms with van der Waals surface area (Å²) >= 11 is 0. The van der Waals surface area contributed by atoms with Crippen molar-refractivity contribution in [3.8, 4) is 0 Å². The van der Waals surface area contributed by atoms with Crippen LogP contribution in [0.15, 0.2) is 24.3 Å². The lowest BCUT2D eigenvalue weighted by atomic mass is 9.64. The van der Waals surface area contributed by atoms with Gasteiger partial charge in [0.25, 0.3) is 5.91 Å². The van der Waals surface area contributed by atoms with Gasteiger partial charge in [0, 0.05) is 26.2 Å². The highest BCUT2D eigenvalue weighted by Gasteiger charge is 2.56. The first-order valence-corrected chi connectivity index (χ1v) is 12.8. The Balaban J connectivity index is 1.28. The van der Waals surface area contributed by atoms with Gasteiger partial charge >= 0.3 is 6.03 Å². The van der Waals surface area contributed by atoms with Crippen molar-refractivity contribution in [2.24, 2.45) is 11.3 Å². The van der Waals surface area contributed by atoms with Crippen LogP contribution in [0.2, 0.25) is 0 Å². The first-order valence-electron chi connectivity index (χ1n) is 12.8. The zero-order chi connectivity index (χ0) is 25.4. The van der Waals surface area contributed by atoms with E-state index in [9.17, 15) is 14.4 Å². The predicted molar refractivity (Wildman–Crippen MR) is 133 cm³/mol. The second-order valence-corrected chi connectivity index (χ2v) is 11.8. The Morgan fingerprint density at radius 2 is 1.69 bits per heavy atom. The summed E-state index contributed by atoms with van der Waals surface area (Å²) < 4.78 is 5.80. The normalized spacial score (nSPS) is 31.0. The lowest BCUT2D eigenvalue weighted by molar-refractivity contribution is -0.137. The lowest BCUT2D eigenvalue weighted by Crippen LogP contribution is -2.54. The summed E-state index contributed by atoms with van der Waals surface area (Å²) in [5.41, 5.74) is 1.27. The molecule has 2 saturated heterocycles. The van der Waals surface area contributed by atoms with Gasteiger partial charge in [0.05, 0.1) is 12.2 Å². The summed E-state index contributed by atoms with van der Waals surface area (Å²) in [4.78, 5) is 41.9. The third-order valence-electron chi connectivity index (χ3n) is 7.34. The molecule has 0 aromatic heterocycles. The van der Waals surface area contributed by atoms with Crippen LogP contribution in [0.1, 0.15) is 65.0 Å². The minimum atomic E-state index is -0.884. The SMILES string of the molecule is CC1CC(C)(C)CC2(C1)NC(=O)N(CC(=O)NCc1ccc(CN3CC(C)OC(C)C3)cc1)C2=O. The summed E-state index contributed by atoms with van der Waals surface area (Å²) in [5.74, 6) is -0.280. The number of carbonyl (C=O) groups excluding carboxylic acids is 3. The van der Waals surface area contributed by atoms with Crippen molar-refractivity contribution in [1.82, 2.24) is 20.4 Å². The minimum absolute atomic E-state index is 0.0384. The summed E-state index contributed by atoms with van der Waals surface area (Å²) in [5, 5.41) is 5.78. The number of urea groups is 1. The maximum Gasteiger partial charge on any atom is 0.325 e. The molecule has 3 fully saturated rings. The number of carbonyl (C=O) groups is 3. The number of ether oxygens (including phenoxy) is 1. The van der Waals surface area contributed by atoms with Crippen LogP contribution < -0.4 is 10.6 Å². The molecular weight excluding hydrogens is 444 g/mol. The zero-order valence-electron chi connectivity index (χ0n) is 21.7. The third-order valence-corrected chi connectivity index (χ3v) is 7.34. The average molecular weight is 485 g/mol. The van der Waals surface area contributed by atoms with Gasteiger partial charge in [-0.15, -0.1) is 0 Å². The van der Waals surface area contributed by atoms with Crippen LogP contribution in [0.5, 0.6) is 0 Å². The van der Waals surface area contributed by atoms with Gasteiger partial charge < -0.3 is 15.4 Å². The number of hydrogen-bond donors (Lipinski definition) is 2. The second kappa shape index (κ2) is 9.90. The zero-order valence-corrected chi connectivity index (χ0v) is 21.7. The van der Waals surface area contributed by atoms with Gasteiger partial charge in [0.2, 0.25) is 5.91 Å². The van der Waals surface area contributed by atoms with Crippen LogP contribution in [0, 0.1) is 11.3 Å². The van der Waals surface area contributed by atoms with E-state index in [2.05, 4.69) is 62.3 Å². The van der Waals surface area contributed by atoms with E-state index in [4.69, 9.17) is 4.74 Å². The highest BCUT2D eigenvalue weighted by atomic mass is 16.5. The summed E-state index contributed by atoms with van der Waals surface area (Å²) in [6, 6.07) is 7.72. The fourth-order valence-electron chi connectivity index (χ4n) is 6.48. The van der Waals surface area contributed by atoms with Gasteiger partial charge in [-0.1, -0.05) is 45.0 Å². The summed E-state index contributed by atoms with van der Waals surface area (Å²) in [7, 11) is 0. The number of hydrogen-bond acceptors (Lipinski definition) is 5. The Labute approximate surface area is 208 Å². The molecule has 2 N–H and O–H groups in total. The minimum Gasteiger partial charge on any atom is -0.373 e. The van der Waals surface area contributed by atoms with Crippen molar-refractivity contribution in [2.75, 3.05) is 19.6 Å². The largest absolute Gasteiger partial charge is 0.373 e. The van der Waals surface area contributed by atoms with Crippen molar-refractivity contribution < 1.29 is 19.1 Å². The molecule has 35 heavy (non-hydrogen) atoms. The molecule has 4 amide bonds. The number of morpholine rings is 1. The lowest BCUT2D eigenvalue weighted by Gasteiger charge is -2.43. The fraction of sp³-hybridized carbons (Fsp3) is 0.667. The molecule has 1 aromatic rings. The van der Waals surface area contributed by atoms with Gasteiger partial charge in [-0.25, -0.2) is 4.79 Å². The smallest absolute Gasteiger partial charge is 0.325 e. The first kappa shape index (κ1) is 25.6. The molecule has 1 aromatic carbocycles. The summed E-state index contributed by atoms with van der Waals surface area (Å²) in [6.07, 6.45) is 2.71. The maximum absolute atomic E-state index is 13.2. The number of nitrogens with one attached hydrogen (secondary N) is 2. The molecule has 192 valence electrons. The van der Waals surface area contributed by atoms with Crippen molar-refractivity contribution in [1.29, 1.82) is 0 Å². The van der Waals surface area contributed by atoms with Gasteiger partial charge in [-0.2, -0.15) is 0 Å². The topological polar surface area (TPSA) is 91.0 Å². The molecule has 1 spiro atoms. The van der Waals surface area contributed by atoms with E-state index in [-0.39, 0.29) is 36.0 Å². The molecule has 4 rings (SSSR count). The quantitative estimate of drug-likeness (QED) is 0.606. The van der Waals surface area contributed by atoms with Gasteiger partial charge in [0.15, 0.2) is 0 Å². The Morgan fingerprint density at radius 3 is 2.31 bits per heavy atom. The maximum atomic E-state index is 13.2. The van der Waals surface area contributed by atoms with Crippen LogP contribution in [0.4, 0.5) is 4.79 Å². The van der Waals surface area contributed by atoms with Gasteiger partial charge in [-0.3, -0.25) is 19.4 Å². The molecule has 0 radical (unpaired) electrons. The van der Waals surface area contributed by atoms with Gasteiger partial charge in [-0.05, 0) is 55.6 Å². The standard InChI is InChI=1S/C27H40N4O4/c1-18-10-26(4,5)17-27(11-18)24(33)31(25(34)29-27)16-23(32)28-12-21-6-8-22(9-7-21)15-30-13-19(2)35-20(3)14-30/h6-9,18-20H,10-17H2,1-5H3,(H,28,32)(H,29,34). The molecule has 4 unspecified atom stereocenters. The fourth-order valence-corrected chi connectivity index (χ4v) is 6.48.